The number of nitriles is 1. The number of rotatable bonds is 0. The van der Waals surface area contributed by atoms with Crippen molar-refractivity contribution in [1.29, 1.82) is 5.26 Å². The molecule has 12 heavy (non-hydrogen) atoms. The Morgan fingerprint density at radius 3 is 2.50 bits per heavy atom. The molecular formula is C7H10N3O2+. The molecule has 0 aliphatic heterocycles. The van der Waals surface area contributed by atoms with Crippen LogP contribution in [0.5, 0.6) is 0 Å². The molecule has 0 amide bonds. The van der Waals surface area contributed by atoms with E-state index in [1.54, 1.807) is 0 Å². The molecule has 5 nitrogen and oxygen atoms in total. The number of H-pyrrole nitrogens is 1. The third kappa shape index (κ3) is 1.23. The van der Waals surface area contributed by atoms with Crippen LogP contribution in [0.25, 0.3) is 0 Å². The number of aromatic amines is 1. The fraction of sp³-hybridized carbons (Fsp3) is 0.571. The third-order valence-corrected chi connectivity index (χ3v) is 1.47. The van der Waals surface area contributed by atoms with Gasteiger partial charge in [-0.3, -0.25) is 0 Å². The van der Waals surface area contributed by atoms with Crippen LogP contribution in [0.4, 0.5) is 0 Å². The Balaban J connectivity index is 3.42. The first-order valence-electron chi connectivity index (χ1n) is 3.52. The highest BCUT2D eigenvalue weighted by Crippen LogP contribution is 2.19. The van der Waals surface area contributed by atoms with E-state index in [1.165, 1.54) is 0 Å². The van der Waals surface area contributed by atoms with Crippen LogP contribution in [0.3, 0.4) is 0 Å². The van der Waals surface area contributed by atoms with E-state index in [2.05, 4.69) is 9.79 Å². The van der Waals surface area contributed by atoms with Gasteiger partial charge in [0, 0.05) is 5.41 Å². The highest BCUT2D eigenvalue weighted by Gasteiger charge is 2.32. The van der Waals surface area contributed by atoms with E-state index in [4.69, 9.17) is 5.26 Å². The van der Waals surface area contributed by atoms with Crippen molar-refractivity contribution in [3.8, 4) is 6.07 Å². The van der Waals surface area contributed by atoms with Crippen LogP contribution in [0.2, 0.25) is 0 Å². The first kappa shape index (κ1) is 8.53. The second kappa shape index (κ2) is 2.48. The van der Waals surface area contributed by atoms with Gasteiger partial charge in [0.2, 0.25) is 0 Å². The fourth-order valence-corrected chi connectivity index (χ4v) is 0.997. The van der Waals surface area contributed by atoms with Crippen molar-refractivity contribution < 1.29 is 9.23 Å². The maximum Gasteiger partial charge on any atom is 0.292 e. The standard InChI is InChI=1S/C7H10N3O2/c1-7(2,3)6-5(4-8)9-12-10(6)11/h9H,1-3H3/q+1. The van der Waals surface area contributed by atoms with Crippen molar-refractivity contribution in [3.63, 3.8) is 0 Å². The number of nitrogens with zero attached hydrogens (tertiary/aromatic N) is 2. The minimum absolute atomic E-state index is 0.178. The summed E-state index contributed by atoms with van der Waals surface area (Å²) in [4.78, 5) is 11.0. The number of hydrogen-bond donors (Lipinski definition) is 1. The summed E-state index contributed by atoms with van der Waals surface area (Å²) in [6.45, 7) is 5.50. The summed E-state index contributed by atoms with van der Waals surface area (Å²) in [7, 11) is 0. The zero-order valence-electron chi connectivity index (χ0n) is 7.21. The maximum atomic E-state index is 11.0. The fourth-order valence-electron chi connectivity index (χ4n) is 0.997. The van der Waals surface area contributed by atoms with Crippen LogP contribution >= 0.6 is 0 Å². The Hall–Kier alpha value is -1.57. The van der Waals surface area contributed by atoms with Gasteiger partial charge in [0.25, 0.3) is 11.4 Å². The van der Waals surface area contributed by atoms with Crippen molar-refractivity contribution in [2.24, 2.45) is 0 Å². The van der Waals surface area contributed by atoms with Crippen molar-refractivity contribution in [1.82, 2.24) is 5.16 Å². The van der Waals surface area contributed by atoms with E-state index in [9.17, 15) is 4.91 Å². The molecule has 0 saturated carbocycles. The Bertz CT molecular complexity index is 375. The second-order valence-corrected chi connectivity index (χ2v) is 3.54. The number of nitrogens with one attached hydrogen (secondary N) is 1. The highest BCUT2D eigenvalue weighted by molar-refractivity contribution is 5.25. The van der Waals surface area contributed by atoms with E-state index >= 15 is 0 Å². The van der Waals surface area contributed by atoms with Crippen LogP contribution in [-0.2, 0) is 5.41 Å². The molecule has 1 N–H and O–H groups in total. The lowest BCUT2D eigenvalue weighted by molar-refractivity contribution is -0.721. The van der Waals surface area contributed by atoms with E-state index in [-0.39, 0.29) is 5.69 Å². The Morgan fingerprint density at radius 2 is 2.17 bits per heavy atom. The van der Waals surface area contributed by atoms with Gasteiger partial charge in [0.15, 0.2) is 10.7 Å². The molecule has 5 heteroatoms. The SMILES string of the molecule is CC(C)(C)c1c(C#N)[nH]o[n+]1=O. The van der Waals surface area contributed by atoms with Crippen LogP contribution < -0.4 is 4.60 Å². The smallest absolute Gasteiger partial charge is 0.188 e. The van der Waals surface area contributed by atoms with E-state index in [0.29, 0.717) is 10.3 Å². The Kier molecular flexibility index (Phi) is 1.76. The number of aromatic nitrogens is 2. The molecular weight excluding hydrogens is 158 g/mol. The summed E-state index contributed by atoms with van der Waals surface area (Å²) in [5.41, 5.74) is 0.110. The van der Waals surface area contributed by atoms with Crippen LogP contribution in [-0.4, -0.2) is 5.16 Å². The predicted molar refractivity (Wildman–Crippen MR) is 39.8 cm³/mol. The van der Waals surface area contributed by atoms with Gasteiger partial charge in [-0.25, -0.2) is 0 Å². The minimum Gasteiger partial charge on any atom is -0.188 e. The molecule has 1 aromatic rings. The zero-order valence-corrected chi connectivity index (χ0v) is 7.21. The quantitative estimate of drug-likeness (QED) is 0.619. The average Bonchev–Trinajstić information content (AvgIpc) is 2.29. The Morgan fingerprint density at radius 1 is 1.58 bits per heavy atom. The van der Waals surface area contributed by atoms with Gasteiger partial charge in [0.1, 0.15) is 0 Å². The molecule has 1 heterocycles. The molecule has 0 unspecified atom stereocenters. The van der Waals surface area contributed by atoms with Crippen LogP contribution in [0.1, 0.15) is 32.2 Å². The lowest BCUT2D eigenvalue weighted by Crippen LogP contribution is -2.27. The average molecular weight is 168 g/mol. The maximum absolute atomic E-state index is 11.0. The van der Waals surface area contributed by atoms with Crippen LogP contribution in [0.15, 0.2) is 4.63 Å². The third-order valence-electron chi connectivity index (χ3n) is 1.47. The summed E-state index contributed by atoms with van der Waals surface area (Å²) in [5.74, 6) is 0. The molecule has 64 valence electrons. The first-order valence-corrected chi connectivity index (χ1v) is 3.52. The topological polar surface area (TPSA) is 75.7 Å². The molecule has 0 radical (unpaired) electrons. The zero-order chi connectivity index (χ0) is 9.35. The van der Waals surface area contributed by atoms with Gasteiger partial charge in [-0.1, -0.05) is 30.6 Å². The monoisotopic (exact) mass is 168 g/mol. The summed E-state index contributed by atoms with van der Waals surface area (Å²) < 4.78 is 4.76. The van der Waals surface area contributed by atoms with Gasteiger partial charge in [-0.15, -0.1) is 0 Å². The van der Waals surface area contributed by atoms with Crippen molar-refractivity contribution in [3.05, 3.63) is 16.3 Å². The molecule has 1 rings (SSSR count). The minimum atomic E-state index is -0.393. The number of hydrogen-bond acceptors (Lipinski definition) is 3. The van der Waals surface area contributed by atoms with E-state index in [1.807, 2.05) is 26.8 Å². The van der Waals surface area contributed by atoms with Crippen molar-refractivity contribution >= 4 is 0 Å². The van der Waals surface area contributed by atoms with E-state index in [0.717, 1.165) is 0 Å². The molecule has 0 aliphatic rings. The molecule has 0 saturated heterocycles. The normalized spacial score (nSPS) is 11.2. The van der Waals surface area contributed by atoms with Gasteiger partial charge >= 0.3 is 0 Å². The molecule has 0 fully saturated rings. The van der Waals surface area contributed by atoms with Crippen molar-refractivity contribution in [2.45, 2.75) is 26.2 Å². The lowest BCUT2D eigenvalue weighted by atomic mass is 9.91. The summed E-state index contributed by atoms with van der Waals surface area (Å²) in [5, 5.41) is 10.8. The second-order valence-electron chi connectivity index (χ2n) is 3.54. The van der Waals surface area contributed by atoms with E-state index < -0.39 is 5.41 Å². The summed E-state index contributed by atoms with van der Waals surface area (Å²) >= 11 is 0. The summed E-state index contributed by atoms with van der Waals surface area (Å²) in [6.07, 6.45) is 0. The molecule has 0 aliphatic carbocycles. The molecule has 0 bridgehead atoms. The molecule has 0 aromatic carbocycles. The lowest BCUT2D eigenvalue weighted by Gasteiger charge is -2.08. The summed E-state index contributed by atoms with van der Waals surface area (Å²) in [6, 6.07) is 1.85. The van der Waals surface area contributed by atoms with Crippen LogP contribution in [0, 0.1) is 16.2 Å². The molecule has 0 atom stereocenters. The van der Waals surface area contributed by atoms with Gasteiger partial charge < -0.3 is 0 Å². The predicted octanol–water partition coefficient (Wildman–Crippen LogP) is 0.691. The molecule has 0 spiro atoms. The largest absolute Gasteiger partial charge is 0.292 e. The first-order chi connectivity index (χ1) is 5.46. The Labute approximate surface area is 69.1 Å². The van der Waals surface area contributed by atoms with Gasteiger partial charge in [-0.05, 0) is 4.91 Å². The van der Waals surface area contributed by atoms with Crippen molar-refractivity contribution in [2.75, 3.05) is 0 Å². The van der Waals surface area contributed by atoms with Gasteiger partial charge in [-0.2, -0.15) is 5.26 Å². The molecule has 1 aromatic heterocycles. The highest BCUT2D eigenvalue weighted by atomic mass is 16.7. The van der Waals surface area contributed by atoms with Gasteiger partial charge in [0.05, 0.1) is 0 Å².